The van der Waals surface area contributed by atoms with Crippen molar-refractivity contribution < 1.29 is 59.8 Å². The Bertz CT molecular complexity index is 2750. The smallest absolute Gasteiger partial charge is 0.327 e. The molecule has 5 saturated carbocycles. The zero-order valence-corrected chi connectivity index (χ0v) is 43.9. The fourth-order valence-electron chi connectivity index (χ4n) is 11.7. The molecule has 17 heteroatoms. The van der Waals surface area contributed by atoms with Crippen molar-refractivity contribution in [2.45, 2.75) is 183 Å². The van der Waals surface area contributed by atoms with Gasteiger partial charge in [0, 0.05) is 81.2 Å². The van der Waals surface area contributed by atoms with E-state index in [1.54, 1.807) is 0 Å². The molecule has 5 saturated heterocycles. The molecule has 14 rings (SSSR count). The minimum atomic E-state index is -3.16. The minimum Gasteiger partial charge on any atom is -0.393 e. The molecule has 4 aromatic rings. The van der Waals surface area contributed by atoms with Crippen molar-refractivity contribution in [3.63, 3.8) is 0 Å². The molecule has 0 N–H and O–H groups in total. The largest absolute Gasteiger partial charge is 0.393 e. The second-order valence-corrected chi connectivity index (χ2v) is 23.0. The second kappa shape index (κ2) is 22.8. The van der Waals surface area contributed by atoms with Gasteiger partial charge >= 0.3 is 17.9 Å². The van der Waals surface area contributed by atoms with Crippen molar-refractivity contribution >= 4 is 35.6 Å². The highest BCUT2D eigenvalue weighted by Gasteiger charge is 2.66. The number of nitrogens with zero attached hydrogens (tertiary/aromatic N) is 4. The molecule has 0 unspecified atom stereocenters. The fourth-order valence-corrected chi connectivity index (χ4v) is 11.7. The van der Waals surface area contributed by atoms with Gasteiger partial charge in [0.15, 0.2) is 0 Å². The first-order valence-electron chi connectivity index (χ1n) is 27.4. The normalized spacial score (nSPS) is 23.8. The van der Waals surface area contributed by atoms with Crippen LogP contribution >= 0.6 is 0 Å². The lowest BCUT2D eigenvalue weighted by molar-refractivity contribution is -0.152. The molecule has 11 nitrogen and oxygen atoms in total. The maximum absolute atomic E-state index is 13.4. The van der Waals surface area contributed by atoms with Gasteiger partial charge in [-0.2, -0.15) is 8.78 Å². The van der Waals surface area contributed by atoms with Crippen LogP contribution in [0.25, 0.3) is 0 Å². The highest BCUT2D eigenvalue weighted by molar-refractivity contribution is 6.01. The number of cyclic esters (lactones) is 2. The summed E-state index contributed by atoms with van der Waals surface area (Å²) in [7, 11) is 0. The minimum absolute atomic E-state index is 0.0566. The molecule has 0 aromatic heterocycles. The molecule has 5 heterocycles. The summed E-state index contributed by atoms with van der Waals surface area (Å²) in [5.74, 6) is -9.52. The van der Waals surface area contributed by atoms with E-state index in [2.05, 4.69) is 21.8 Å². The molecule has 416 valence electrons. The summed E-state index contributed by atoms with van der Waals surface area (Å²) in [6.07, 6.45) is 11.8. The van der Waals surface area contributed by atoms with Crippen LogP contribution in [0.5, 0.6) is 0 Å². The molecule has 4 aromatic carbocycles. The average molecular weight is 1080 g/mol. The van der Waals surface area contributed by atoms with Crippen molar-refractivity contribution in [1.29, 1.82) is 0 Å². The van der Waals surface area contributed by atoms with Gasteiger partial charge in [0.25, 0.3) is 11.8 Å². The van der Waals surface area contributed by atoms with Crippen LogP contribution in [0.15, 0.2) is 121 Å². The third-order valence-electron chi connectivity index (χ3n) is 16.8. The molecule has 4 amide bonds. The Balaban J connectivity index is 0.000000116. The number of carbonyl (C=O) groups excluding carboxylic acids is 6. The van der Waals surface area contributed by atoms with Crippen LogP contribution in [-0.4, -0.2) is 96.1 Å². The van der Waals surface area contributed by atoms with Gasteiger partial charge < -0.3 is 14.5 Å². The molecule has 10 aliphatic rings. The number of imide groups is 1. The zero-order valence-electron chi connectivity index (χ0n) is 43.9. The van der Waals surface area contributed by atoms with Crippen LogP contribution in [-0.2, 0) is 59.7 Å². The quantitative estimate of drug-likeness (QED) is 0.0739. The molecule has 5 aliphatic heterocycles. The number of amides is 4. The number of carbonyl (C=O) groups is 6. The number of benzene rings is 4. The number of hydrogen-bond acceptors (Lipinski definition) is 8. The van der Waals surface area contributed by atoms with Crippen molar-refractivity contribution in [3.05, 3.63) is 144 Å². The topological polar surface area (TPSA) is 125 Å². The van der Waals surface area contributed by atoms with E-state index in [0.29, 0.717) is 51.2 Å². The highest BCUT2D eigenvalue weighted by atomic mass is 19.3. The van der Waals surface area contributed by atoms with E-state index in [4.69, 9.17) is 0 Å². The second-order valence-electron chi connectivity index (χ2n) is 23.0. The van der Waals surface area contributed by atoms with E-state index >= 15 is 0 Å². The third kappa shape index (κ3) is 14.3. The number of likely N-dealkylation sites (tertiary alicyclic amines) is 4. The Labute approximate surface area is 451 Å². The van der Waals surface area contributed by atoms with E-state index in [1.807, 2.05) is 114 Å². The number of rotatable bonds is 8. The summed E-state index contributed by atoms with van der Waals surface area (Å²) >= 11 is 0. The SMILES string of the molecule is FC1(F)CCC2(CC2)C1.FC1(F)CN(Cc2ccccc2)C2(CC2)C1.O=C1CCC(=O)N1Cc1ccccc1.O=C1CCC(=O)O1.O=C1CCC2(CC2)N1Cc1ccccc1.O=C1N(Cc2ccccc2)C2(CC2)CC1(F)F. The predicted molar refractivity (Wildman–Crippen MR) is 277 cm³/mol. The summed E-state index contributed by atoms with van der Waals surface area (Å²) < 4.78 is 82.7. The van der Waals surface area contributed by atoms with Gasteiger partial charge in [0.2, 0.25) is 23.6 Å². The van der Waals surface area contributed by atoms with E-state index in [0.717, 1.165) is 68.2 Å². The average Bonchev–Trinajstić information content (AvgIpc) is 4.37. The Kier molecular flexibility index (Phi) is 16.5. The lowest BCUT2D eigenvalue weighted by Gasteiger charge is -2.24. The van der Waals surface area contributed by atoms with E-state index < -0.39 is 41.2 Å². The summed E-state index contributed by atoms with van der Waals surface area (Å²) in [5, 5.41) is 0. The number of hydrogen-bond donors (Lipinski definition) is 0. The lowest BCUT2D eigenvalue weighted by Crippen LogP contribution is -2.36. The fraction of sp³-hybridized carbons (Fsp3) is 0.508. The number of halogens is 6. The molecule has 5 aliphatic carbocycles. The van der Waals surface area contributed by atoms with Crippen LogP contribution in [0, 0.1) is 5.41 Å². The summed E-state index contributed by atoms with van der Waals surface area (Å²) in [6.45, 7) is 2.12. The van der Waals surface area contributed by atoms with Crippen molar-refractivity contribution in [2.24, 2.45) is 5.41 Å². The van der Waals surface area contributed by atoms with Gasteiger partial charge in [0.1, 0.15) is 0 Å². The maximum Gasteiger partial charge on any atom is 0.327 e. The zero-order chi connectivity index (χ0) is 55.4. The Morgan fingerprint density at radius 3 is 1.22 bits per heavy atom. The Morgan fingerprint density at radius 2 is 0.821 bits per heavy atom. The summed E-state index contributed by atoms with van der Waals surface area (Å²) in [6, 6.07) is 39.0. The monoisotopic (exact) mass is 1080 g/mol. The van der Waals surface area contributed by atoms with Crippen LogP contribution in [0.4, 0.5) is 26.3 Å². The Morgan fingerprint density at radius 1 is 0.385 bits per heavy atom. The maximum atomic E-state index is 13.4. The van der Waals surface area contributed by atoms with Gasteiger partial charge in [-0.25, -0.2) is 17.6 Å². The Hall–Kier alpha value is -6.36. The third-order valence-corrected chi connectivity index (χ3v) is 16.8. The first-order valence-corrected chi connectivity index (χ1v) is 27.4. The summed E-state index contributed by atoms with van der Waals surface area (Å²) in [5.41, 5.74) is 3.97. The first-order chi connectivity index (χ1) is 37.1. The van der Waals surface area contributed by atoms with Gasteiger partial charge in [-0.3, -0.25) is 38.6 Å². The molecule has 0 bridgehead atoms. The van der Waals surface area contributed by atoms with E-state index in [1.165, 1.54) is 28.2 Å². The number of esters is 2. The molecular formula is C61H68F6N4O7. The molecule has 4 spiro atoms. The van der Waals surface area contributed by atoms with Gasteiger partial charge in [-0.1, -0.05) is 121 Å². The molecule has 0 atom stereocenters. The van der Waals surface area contributed by atoms with Crippen molar-refractivity contribution in [3.8, 4) is 0 Å². The standard InChI is InChI=1S/C13H13F2NO.C13H15F2N.C13H15NO.C11H11NO2.C7H10F2.C4H4O3/c14-13(15)9-12(6-7-12)16(11(13)17)8-10-4-2-1-3-5-10;14-13(15)9-12(6-7-12)16(10-13)8-11-4-2-1-3-5-11;15-12-6-7-13(8-9-13)14(12)10-11-4-2-1-3-5-11;13-10-6-7-11(14)12(10)8-9-4-2-1-3-5-9;8-7(9)4-3-6(5-7)1-2-6;5-3-1-2-4(6)7-3/h1-5H,6-9H2;1-5H,6-10H2;1-5H,6-10H2;1-5H,6-8H2;1-5H2;1-2H2. The van der Waals surface area contributed by atoms with Gasteiger partial charge in [-0.05, 0) is 91.9 Å². The van der Waals surface area contributed by atoms with Crippen LogP contribution < -0.4 is 0 Å². The lowest BCUT2D eigenvalue weighted by atomic mass is 10.1. The van der Waals surface area contributed by atoms with Crippen molar-refractivity contribution in [2.75, 3.05) is 6.54 Å². The molecule has 10 fully saturated rings. The van der Waals surface area contributed by atoms with E-state index in [-0.39, 0.29) is 73.4 Å². The van der Waals surface area contributed by atoms with Crippen LogP contribution in [0.3, 0.4) is 0 Å². The van der Waals surface area contributed by atoms with Crippen LogP contribution in [0.1, 0.15) is 144 Å². The first kappa shape index (κ1) is 56.4. The number of ether oxygens (including phenoxy) is 1. The van der Waals surface area contributed by atoms with Crippen LogP contribution in [0.2, 0.25) is 0 Å². The molecule has 78 heavy (non-hydrogen) atoms. The van der Waals surface area contributed by atoms with E-state index in [9.17, 15) is 55.1 Å². The molecule has 0 radical (unpaired) electrons. The number of alkyl halides is 6. The highest BCUT2D eigenvalue weighted by Crippen LogP contribution is 2.62. The summed E-state index contributed by atoms with van der Waals surface area (Å²) in [4.78, 5) is 72.8. The predicted octanol–water partition coefficient (Wildman–Crippen LogP) is 11.8. The van der Waals surface area contributed by atoms with Gasteiger partial charge in [0.05, 0.1) is 25.9 Å². The molecular weight excluding hydrogens is 1010 g/mol. The van der Waals surface area contributed by atoms with Gasteiger partial charge in [-0.15, -0.1) is 0 Å². The van der Waals surface area contributed by atoms with Crippen molar-refractivity contribution in [1.82, 2.24) is 19.6 Å².